The molecule has 1 atom stereocenters. The molecule has 3 rings (SSSR count). The number of para-hydroxylation sites is 1. The van der Waals surface area contributed by atoms with Gasteiger partial charge >= 0.3 is 0 Å². The summed E-state index contributed by atoms with van der Waals surface area (Å²) in [6, 6.07) is 11.2. The van der Waals surface area contributed by atoms with E-state index in [2.05, 4.69) is 10.3 Å². The van der Waals surface area contributed by atoms with Crippen LogP contribution in [0.25, 0.3) is 0 Å². The number of nitrogens with zero attached hydrogens (tertiary/aromatic N) is 1. The van der Waals surface area contributed by atoms with Gasteiger partial charge < -0.3 is 15.0 Å². The molecule has 1 amide bonds. The maximum atomic E-state index is 12.4. The third-order valence-electron chi connectivity index (χ3n) is 3.74. The van der Waals surface area contributed by atoms with Crippen molar-refractivity contribution in [3.8, 4) is 11.8 Å². The van der Waals surface area contributed by atoms with Gasteiger partial charge in [0, 0.05) is 18.2 Å². The Morgan fingerprint density at radius 3 is 2.95 bits per heavy atom. The van der Waals surface area contributed by atoms with Crippen molar-refractivity contribution in [1.29, 1.82) is 5.26 Å². The molecule has 0 radical (unpaired) electrons. The molecule has 0 fully saturated rings. The minimum Gasteiger partial charge on any atom is -0.487 e. The van der Waals surface area contributed by atoms with Crippen molar-refractivity contribution < 1.29 is 9.53 Å². The molecule has 0 saturated heterocycles. The van der Waals surface area contributed by atoms with Gasteiger partial charge in [0.2, 0.25) is 0 Å². The molecule has 0 spiro atoms. The summed E-state index contributed by atoms with van der Waals surface area (Å²) in [5, 5.41) is 11.9. The van der Waals surface area contributed by atoms with Gasteiger partial charge in [0.25, 0.3) is 5.91 Å². The molecule has 2 aromatic rings. The molecule has 5 heteroatoms. The molecule has 0 unspecified atom stereocenters. The highest BCUT2D eigenvalue weighted by atomic mass is 16.5. The highest BCUT2D eigenvalue weighted by molar-refractivity contribution is 5.93. The standard InChI is InChI=1S/C17H17N3O2/c1-17(2)8-14(12-5-3-4-6-15(12)22-17)20-16(21)13-7-11(9-18)10-19-13/h3-7,10,14,19H,8H2,1-2H3,(H,20,21)/t14-/m0/s1. The fraction of sp³-hybridized carbons (Fsp3) is 0.294. The summed E-state index contributed by atoms with van der Waals surface area (Å²) in [6.07, 6.45) is 2.21. The number of nitriles is 1. The fourth-order valence-corrected chi connectivity index (χ4v) is 2.76. The zero-order chi connectivity index (χ0) is 15.7. The second kappa shape index (κ2) is 5.23. The quantitative estimate of drug-likeness (QED) is 0.894. The average Bonchev–Trinajstić information content (AvgIpc) is 2.95. The van der Waals surface area contributed by atoms with Crippen LogP contribution in [-0.2, 0) is 0 Å². The van der Waals surface area contributed by atoms with E-state index >= 15 is 0 Å². The number of hydrogen-bond donors (Lipinski definition) is 2. The Bertz CT molecular complexity index is 755. The molecule has 0 saturated carbocycles. The van der Waals surface area contributed by atoms with E-state index in [-0.39, 0.29) is 17.6 Å². The van der Waals surface area contributed by atoms with Crippen LogP contribution in [0, 0.1) is 11.3 Å². The van der Waals surface area contributed by atoms with Crippen molar-refractivity contribution in [1.82, 2.24) is 10.3 Å². The van der Waals surface area contributed by atoms with E-state index in [1.807, 2.05) is 44.2 Å². The third kappa shape index (κ3) is 2.68. The largest absolute Gasteiger partial charge is 0.487 e. The van der Waals surface area contributed by atoms with Crippen LogP contribution in [0.2, 0.25) is 0 Å². The molecule has 112 valence electrons. The molecule has 1 aliphatic heterocycles. The summed E-state index contributed by atoms with van der Waals surface area (Å²) in [5.41, 5.74) is 1.46. The number of rotatable bonds is 2. The van der Waals surface area contributed by atoms with Crippen molar-refractivity contribution >= 4 is 5.91 Å². The number of aromatic amines is 1. The Balaban J connectivity index is 1.85. The smallest absolute Gasteiger partial charge is 0.268 e. The van der Waals surface area contributed by atoms with Crippen LogP contribution in [0.3, 0.4) is 0 Å². The van der Waals surface area contributed by atoms with Crippen LogP contribution < -0.4 is 10.1 Å². The summed E-state index contributed by atoms with van der Waals surface area (Å²) in [7, 11) is 0. The van der Waals surface area contributed by atoms with Crippen LogP contribution in [-0.4, -0.2) is 16.5 Å². The lowest BCUT2D eigenvalue weighted by atomic mass is 9.89. The van der Waals surface area contributed by atoms with Gasteiger partial charge in [-0.05, 0) is 26.0 Å². The molecular formula is C17H17N3O2. The van der Waals surface area contributed by atoms with Crippen molar-refractivity contribution in [2.45, 2.75) is 31.9 Å². The Hall–Kier alpha value is -2.74. The number of H-pyrrole nitrogens is 1. The summed E-state index contributed by atoms with van der Waals surface area (Å²) in [6.45, 7) is 4.01. The van der Waals surface area contributed by atoms with E-state index in [0.29, 0.717) is 17.7 Å². The summed E-state index contributed by atoms with van der Waals surface area (Å²) in [4.78, 5) is 15.2. The van der Waals surface area contributed by atoms with Gasteiger partial charge in [-0.3, -0.25) is 4.79 Å². The normalized spacial score (nSPS) is 18.7. The molecule has 0 bridgehead atoms. The van der Waals surface area contributed by atoms with Gasteiger partial charge in [0.05, 0.1) is 11.6 Å². The first-order valence-corrected chi connectivity index (χ1v) is 7.16. The van der Waals surface area contributed by atoms with Crippen LogP contribution in [0.4, 0.5) is 0 Å². The lowest BCUT2D eigenvalue weighted by molar-refractivity contribution is 0.0618. The van der Waals surface area contributed by atoms with Crippen LogP contribution in [0.1, 0.15) is 47.9 Å². The third-order valence-corrected chi connectivity index (χ3v) is 3.74. The van der Waals surface area contributed by atoms with Gasteiger partial charge in [-0.25, -0.2) is 0 Å². The van der Waals surface area contributed by atoms with Crippen LogP contribution in [0.15, 0.2) is 36.5 Å². The zero-order valence-electron chi connectivity index (χ0n) is 12.5. The predicted molar refractivity (Wildman–Crippen MR) is 81.5 cm³/mol. The first-order valence-electron chi connectivity index (χ1n) is 7.16. The van der Waals surface area contributed by atoms with Gasteiger partial charge in [0.1, 0.15) is 23.1 Å². The average molecular weight is 295 g/mol. The molecule has 1 aromatic carbocycles. The van der Waals surface area contributed by atoms with E-state index in [4.69, 9.17) is 10.00 Å². The van der Waals surface area contributed by atoms with Crippen molar-refractivity contribution in [3.63, 3.8) is 0 Å². The molecule has 0 aliphatic carbocycles. The second-order valence-electron chi connectivity index (χ2n) is 6.04. The van der Waals surface area contributed by atoms with Gasteiger partial charge in [-0.15, -0.1) is 0 Å². The summed E-state index contributed by atoms with van der Waals surface area (Å²) in [5.74, 6) is 0.576. The van der Waals surface area contributed by atoms with Gasteiger partial charge in [0.15, 0.2) is 0 Å². The van der Waals surface area contributed by atoms with E-state index < -0.39 is 0 Å². The number of carbonyl (C=O) groups is 1. The van der Waals surface area contributed by atoms with Crippen molar-refractivity contribution in [3.05, 3.63) is 53.3 Å². The number of aromatic nitrogens is 1. The highest BCUT2D eigenvalue weighted by Crippen LogP contribution is 2.39. The number of hydrogen-bond acceptors (Lipinski definition) is 3. The van der Waals surface area contributed by atoms with Gasteiger partial charge in [-0.2, -0.15) is 5.26 Å². The maximum absolute atomic E-state index is 12.4. The number of benzene rings is 1. The predicted octanol–water partition coefficient (Wildman–Crippen LogP) is 2.92. The van der Waals surface area contributed by atoms with E-state index in [9.17, 15) is 4.79 Å². The topological polar surface area (TPSA) is 77.9 Å². The monoisotopic (exact) mass is 295 g/mol. The zero-order valence-corrected chi connectivity index (χ0v) is 12.5. The van der Waals surface area contributed by atoms with Crippen molar-refractivity contribution in [2.75, 3.05) is 0 Å². The second-order valence-corrected chi connectivity index (χ2v) is 6.04. The lowest BCUT2D eigenvalue weighted by Gasteiger charge is -2.37. The summed E-state index contributed by atoms with van der Waals surface area (Å²) < 4.78 is 5.96. The SMILES string of the molecule is CC1(C)C[C@H](NC(=O)c2cc(C#N)c[nH]2)c2ccccc2O1. The first-order chi connectivity index (χ1) is 10.5. The molecule has 2 N–H and O–H groups in total. The number of carbonyl (C=O) groups excluding carboxylic acids is 1. The molecule has 1 aliphatic rings. The molecule has 5 nitrogen and oxygen atoms in total. The van der Waals surface area contributed by atoms with E-state index in [1.165, 1.54) is 6.20 Å². The Morgan fingerprint density at radius 2 is 2.23 bits per heavy atom. The van der Waals surface area contributed by atoms with Gasteiger partial charge in [-0.1, -0.05) is 18.2 Å². The maximum Gasteiger partial charge on any atom is 0.268 e. The minimum atomic E-state index is -0.347. The number of nitrogens with one attached hydrogen (secondary N) is 2. The molecule has 2 heterocycles. The number of amides is 1. The summed E-state index contributed by atoms with van der Waals surface area (Å²) >= 11 is 0. The highest BCUT2D eigenvalue weighted by Gasteiger charge is 2.34. The van der Waals surface area contributed by atoms with Crippen LogP contribution in [0.5, 0.6) is 5.75 Å². The van der Waals surface area contributed by atoms with E-state index in [0.717, 1.165) is 11.3 Å². The number of fused-ring (bicyclic) bond motifs is 1. The molecule has 1 aromatic heterocycles. The first kappa shape index (κ1) is 14.2. The Labute approximate surface area is 128 Å². The number of ether oxygens (including phenoxy) is 1. The lowest BCUT2D eigenvalue weighted by Crippen LogP contribution is -2.41. The Morgan fingerprint density at radius 1 is 1.45 bits per heavy atom. The molecular weight excluding hydrogens is 278 g/mol. The van der Waals surface area contributed by atoms with Crippen molar-refractivity contribution in [2.24, 2.45) is 0 Å². The minimum absolute atomic E-state index is 0.124. The van der Waals surface area contributed by atoms with Crippen LogP contribution >= 0.6 is 0 Å². The Kier molecular flexibility index (Phi) is 3.38. The van der Waals surface area contributed by atoms with E-state index in [1.54, 1.807) is 6.07 Å². The fourth-order valence-electron chi connectivity index (χ4n) is 2.76. The molecule has 22 heavy (non-hydrogen) atoms.